The molecule has 0 spiro atoms. The lowest BCUT2D eigenvalue weighted by Gasteiger charge is -2.29. The summed E-state index contributed by atoms with van der Waals surface area (Å²) in [5.74, 6) is -0.106. The molecule has 0 amide bonds. The first kappa shape index (κ1) is 14.5. The van der Waals surface area contributed by atoms with Crippen molar-refractivity contribution < 1.29 is 14.2 Å². The molecule has 1 N–H and O–H groups in total. The fourth-order valence-corrected chi connectivity index (χ4v) is 2.39. The van der Waals surface area contributed by atoms with Crippen LogP contribution in [0.25, 0.3) is 0 Å². The lowest BCUT2D eigenvalue weighted by atomic mass is 10.2. The molecule has 1 aliphatic rings. The molecule has 1 fully saturated rings. The van der Waals surface area contributed by atoms with Crippen LogP contribution in [0.4, 0.5) is 15.8 Å². The maximum Gasteiger partial charge on any atom is 0.147 e. The van der Waals surface area contributed by atoms with Crippen molar-refractivity contribution in [3.8, 4) is 5.75 Å². The van der Waals surface area contributed by atoms with Gasteiger partial charge in [-0.1, -0.05) is 12.1 Å². The SMILES string of the molecule is Oc1cccc(N=Cc2ccc(N3CCOCC3)c(F)c2)c1. The van der Waals surface area contributed by atoms with Crippen LogP contribution in [0.5, 0.6) is 5.75 Å². The number of rotatable bonds is 3. The molecule has 1 aliphatic heterocycles. The first-order valence-electron chi connectivity index (χ1n) is 7.18. The molecule has 0 radical (unpaired) electrons. The Morgan fingerprint density at radius 1 is 1.14 bits per heavy atom. The van der Waals surface area contributed by atoms with E-state index in [1.54, 1.807) is 36.5 Å². The van der Waals surface area contributed by atoms with Gasteiger partial charge in [-0.2, -0.15) is 0 Å². The van der Waals surface area contributed by atoms with E-state index in [0.29, 0.717) is 43.2 Å². The van der Waals surface area contributed by atoms with Crippen LogP contribution in [-0.2, 0) is 4.74 Å². The summed E-state index contributed by atoms with van der Waals surface area (Å²) in [6.07, 6.45) is 1.58. The van der Waals surface area contributed by atoms with Gasteiger partial charge in [-0.3, -0.25) is 4.99 Å². The maximum absolute atomic E-state index is 14.2. The van der Waals surface area contributed by atoms with Crippen LogP contribution >= 0.6 is 0 Å². The third-order valence-electron chi connectivity index (χ3n) is 3.52. The van der Waals surface area contributed by atoms with Gasteiger partial charge in [0.05, 0.1) is 24.6 Å². The number of phenolic OH excluding ortho intramolecular Hbond substituents is 1. The summed E-state index contributed by atoms with van der Waals surface area (Å²) in [4.78, 5) is 6.22. The van der Waals surface area contributed by atoms with Gasteiger partial charge in [0.25, 0.3) is 0 Å². The molecule has 5 heteroatoms. The molecule has 0 aliphatic carbocycles. The zero-order chi connectivity index (χ0) is 15.4. The van der Waals surface area contributed by atoms with Crippen LogP contribution in [0.1, 0.15) is 5.56 Å². The molecule has 22 heavy (non-hydrogen) atoms. The summed E-state index contributed by atoms with van der Waals surface area (Å²) in [5.41, 5.74) is 1.90. The molecule has 2 aromatic carbocycles. The van der Waals surface area contributed by atoms with E-state index in [1.807, 2.05) is 11.0 Å². The van der Waals surface area contributed by atoms with E-state index < -0.39 is 0 Å². The van der Waals surface area contributed by atoms with Gasteiger partial charge in [-0.25, -0.2) is 4.39 Å². The third-order valence-corrected chi connectivity index (χ3v) is 3.52. The lowest BCUT2D eigenvalue weighted by Crippen LogP contribution is -2.36. The molecule has 4 nitrogen and oxygen atoms in total. The summed E-state index contributed by atoms with van der Waals surface area (Å²) in [7, 11) is 0. The van der Waals surface area contributed by atoms with E-state index in [2.05, 4.69) is 4.99 Å². The molecule has 1 heterocycles. The van der Waals surface area contributed by atoms with Gasteiger partial charge in [0.15, 0.2) is 0 Å². The molecule has 114 valence electrons. The minimum absolute atomic E-state index is 0.156. The topological polar surface area (TPSA) is 45.1 Å². The number of halogens is 1. The molecular weight excluding hydrogens is 283 g/mol. The zero-order valence-electron chi connectivity index (χ0n) is 12.1. The minimum atomic E-state index is -0.262. The van der Waals surface area contributed by atoms with E-state index in [1.165, 1.54) is 6.07 Å². The molecule has 3 rings (SSSR count). The summed E-state index contributed by atoms with van der Waals surface area (Å²) in [6, 6.07) is 11.7. The molecule has 0 bridgehead atoms. The van der Waals surface area contributed by atoms with Crippen molar-refractivity contribution in [3.63, 3.8) is 0 Å². The predicted molar refractivity (Wildman–Crippen MR) is 84.8 cm³/mol. The first-order valence-corrected chi connectivity index (χ1v) is 7.18. The van der Waals surface area contributed by atoms with Crippen LogP contribution in [0.15, 0.2) is 47.5 Å². The molecular formula is C17H17FN2O2. The number of hydrogen-bond acceptors (Lipinski definition) is 4. The summed E-state index contributed by atoms with van der Waals surface area (Å²) in [6.45, 7) is 2.65. The Morgan fingerprint density at radius 2 is 1.95 bits per heavy atom. The van der Waals surface area contributed by atoms with Gasteiger partial charge in [-0.05, 0) is 29.8 Å². The highest BCUT2D eigenvalue weighted by Gasteiger charge is 2.14. The number of aromatic hydroxyl groups is 1. The summed E-state index contributed by atoms with van der Waals surface area (Å²) >= 11 is 0. The van der Waals surface area contributed by atoms with Crippen molar-refractivity contribution in [1.29, 1.82) is 0 Å². The van der Waals surface area contributed by atoms with Gasteiger partial charge < -0.3 is 14.7 Å². The Bertz CT molecular complexity index is 682. The van der Waals surface area contributed by atoms with Crippen molar-refractivity contribution in [2.75, 3.05) is 31.2 Å². The third kappa shape index (κ3) is 3.43. The number of ether oxygens (including phenoxy) is 1. The summed E-state index contributed by atoms with van der Waals surface area (Å²) in [5, 5.41) is 9.39. The Balaban J connectivity index is 1.76. The van der Waals surface area contributed by atoms with E-state index in [9.17, 15) is 9.50 Å². The fraction of sp³-hybridized carbons (Fsp3) is 0.235. The second-order valence-corrected chi connectivity index (χ2v) is 5.09. The minimum Gasteiger partial charge on any atom is -0.508 e. The first-order chi connectivity index (χ1) is 10.7. The summed E-state index contributed by atoms with van der Waals surface area (Å²) < 4.78 is 19.5. The largest absolute Gasteiger partial charge is 0.508 e. The Labute approximate surface area is 128 Å². The van der Waals surface area contributed by atoms with E-state index in [0.717, 1.165) is 0 Å². The molecule has 0 atom stereocenters. The number of hydrogen-bond donors (Lipinski definition) is 1. The van der Waals surface area contributed by atoms with Gasteiger partial charge >= 0.3 is 0 Å². The number of nitrogens with zero attached hydrogens (tertiary/aromatic N) is 2. The van der Waals surface area contributed by atoms with E-state index >= 15 is 0 Å². The van der Waals surface area contributed by atoms with Crippen molar-refractivity contribution in [1.82, 2.24) is 0 Å². The van der Waals surface area contributed by atoms with Gasteiger partial charge in [-0.15, -0.1) is 0 Å². The van der Waals surface area contributed by atoms with Crippen molar-refractivity contribution >= 4 is 17.6 Å². The zero-order valence-corrected chi connectivity index (χ0v) is 12.1. The van der Waals surface area contributed by atoms with Gasteiger partial charge in [0.2, 0.25) is 0 Å². The smallest absolute Gasteiger partial charge is 0.147 e. The van der Waals surface area contributed by atoms with Crippen LogP contribution < -0.4 is 4.90 Å². The van der Waals surface area contributed by atoms with Crippen molar-refractivity contribution in [2.45, 2.75) is 0 Å². The number of morpholine rings is 1. The van der Waals surface area contributed by atoms with Gasteiger partial charge in [0.1, 0.15) is 11.6 Å². The number of benzene rings is 2. The second-order valence-electron chi connectivity index (χ2n) is 5.09. The Kier molecular flexibility index (Phi) is 4.34. The normalized spacial score (nSPS) is 15.4. The van der Waals surface area contributed by atoms with E-state index in [-0.39, 0.29) is 11.6 Å². The average molecular weight is 300 g/mol. The van der Waals surface area contributed by atoms with Crippen LogP contribution in [-0.4, -0.2) is 37.6 Å². The quantitative estimate of drug-likeness (QED) is 0.886. The highest BCUT2D eigenvalue weighted by molar-refractivity contribution is 5.82. The Morgan fingerprint density at radius 3 is 2.68 bits per heavy atom. The molecule has 0 aromatic heterocycles. The van der Waals surface area contributed by atoms with Crippen LogP contribution in [0.3, 0.4) is 0 Å². The number of phenols is 1. The van der Waals surface area contributed by atoms with Crippen LogP contribution in [0, 0.1) is 5.82 Å². The number of aliphatic imine (C=N–C) groups is 1. The monoisotopic (exact) mass is 300 g/mol. The number of anilines is 1. The van der Waals surface area contributed by atoms with E-state index in [4.69, 9.17) is 4.74 Å². The van der Waals surface area contributed by atoms with Crippen molar-refractivity contribution in [2.24, 2.45) is 4.99 Å². The predicted octanol–water partition coefficient (Wildman–Crippen LogP) is 3.12. The molecule has 1 saturated heterocycles. The van der Waals surface area contributed by atoms with Crippen molar-refractivity contribution in [3.05, 3.63) is 53.8 Å². The molecule has 0 saturated carbocycles. The second kappa shape index (κ2) is 6.58. The highest BCUT2D eigenvalue weighted by Crippen LogP contribution is 2.22. The van der Waals surface area contributed by atoms with Gasteiger partial charge in [0, 0.05) is 25.4 Å². The lowest BCUT2D eigenvalue weighted by molar-refractivity contribution is 0.122. The maximum atomic E-state index is 14.2. The highest BCUT2D eigenvalue weighted by atomic mass is 19.1. The Hall–Kier alpha value is -2.40. The standard InChI is InChI=1S/C17H17FN2O2/c18-16-10-13(12-19-14-2-1-3-15(21)11-14)4-5-17(16)20-6-8-22-9-7-20/h1-5,10-12,21H,6-9H2. The fourth-order valence-electron chi connectivity index (χ4n) is 2.39. The molecule has 0 unspecified atom stereocenters. The molecule has 2 aromatic rings. The average Bonchev–Trinajstić information content (AvgIpc) is 2.54. The van der Waals surface area contributed by atoms with Crippen LogP contribution in [0.2, 0.25) is 0 Å².